The third-order valence-electron chi connectivity index (χ3n) is 2.70. The van der Waals surface area contributed by atoms with Gasteiger partial charge in [-0.3, -0.25) is 0 Å². The van der Waals surface area contributed by atoms with Gasteiger partial charge in [-0.25, -0.2) is 4.98 Å². The molecule has 0 saturated carbocycles. The molecule has 0 fully saturated rings. The van der Waals surface area contributed by atoms with Crippen molar-refractivity contribution in [2.75, 3.05) is 25.2 Å². The first kappa shape index (κ1) is 15.4. The fourth-order valence-electron chi connectivity index (χ4n) is 1.71. The molecule has 1 aromatic heterocycles. The smallest absolute Gasteiger partial charge is 0.225 e. The van der Waals surface area contributed by atoms with Crippen LogP contribution in [-0.4, -0.2) is 29.9 Å². The Morgan fingerprint density at radius 3 is 2.62 bits per heavy atom. The topological polar surface area (TPSA) is 56.3 Å². The van der Waals surface area contributed by atoms with Crippen molar-refractivity contribution in [2.45, 2.75) is 18.5 Å². The number of ether oxygens (including phenoxy) is 2. The normalized spacial score (nSPS) is 10.2. The van der Waals surface area contributed by atoms with E-state index in [0.29, 0.717) is 22.5 Å². The molecule has 0 amide bonds. The van der Waals surface area contributed by atoms with Crippen LogP contribution < -0.4 is 14.8 Å². The highest BCUT2D eigenvalue weighted by Crippen LogP contribution is 2.31. The molecule has 6 heteroatoms. The first-order chi connectivity index (χ1) is 10.3. The van der Waals surface area contributed by atoms with Gasteiger partial charge in [-0.15, -0.1) is 0 Å². The summed E-state index contributed by atoms with van der Waals surface area (Å²) in [6, 6.07) is 9.28. The SMILES string of the molecule is CCCNc1cc(Oc2ccccc2OC)nc(SC)n1. The molecule has 0 atom stereocenters. The van der Waals surface area contributed by atoms with Crippen molar-refractivity contribution in [1.82, 2.24) is 9.97 Å². The summed E-state index contributed by atoms with van der Waals surface area (Å²) in [5.74, 6) is 2.57. The van der Waals surface area contributed by atoms with Crippen LogP contribution in [0.5, 0.6) is 17.4 Å². The van der Waals surface area contributed by atoms with Crippen molar-refractivity contribution in [3.63, 3.8) is 0 Å². The molecule has 2 rings (SSSR count). The van der Waals surface area contributed by atoms with Crippen molar-refractivity contribution in [1.29, 1.82) is 0 Å². The lowest BCUT2D eigenvalue weighted by molar-refractivity contribution is 0.372. The molecule has 2 aromatic rings. The van der Waals surface area contributed by atoms with Gasteiger partial charge in [0.05, 0.1) is 7.11 Å². The fourth-order valence-corrected chi connectivity index (χ4v) is 2.08. The van der Waals surface area contributed by atoms with Crippen LogP contribution in [0.25, 0.3) is 0 Å². The minimum atomic E-state index is 0.498. The van der Waals surface area contributed by atoms with E-state index in [0.717, 1.165) is 18.8 Å². The maximum atomic E-state index is 5.83. The standard InChI is InChI=1S/C15H19N3O2S/c1-4-9-16-13-10-14(18-15(17-13)21-3)20-12-8-6-5-7-11(12)19-2/h5-8,10H,4,9H2,1-3H3,(H,16,17,18). The highest BCUT2D eigenvalue weighted by Gasteiger charge is 2.09. The van der Waals surface area contributed by atoms with Crippen LogP contribution in [0.15, 0.2) is 35.5 Å². The number of hydrogen-bond acceptors (Lipinski definition) is 6. The Morgan fingerprint density at radius 1 is 1.19 bits per heavy atom. The first-order valence-electron chi connectivity index (χ1n) is 6.74. The molecule has 112 valence electrons. The molecule has 0 bridgehead atoms. The molecular weight excluding hydrogens is 286 g/mol. The maximum Gasteiger partial charge on any atom is 0.225 e. The van der Waals surface area contributed by atoms with Crippen LogP contribution in [0.1, 0.15) is 13.3 Å². The van der Waals surface area contributed by atoms with Crippen molar-refractivity contribution in [3.05, 3.63) is 30.3 Å². The highest BCUT2D eigenvalue weighted by atomic mass is 32.2. The number of rotatable bonds is 7. The van der Waals surface area contributed by atoms with Crippen LogP contribution >= 0.6 is 11.8 Å². The molecule has 0 unspecified atom stereocenters. The Balaban J connectivity index is 2.25. The number of anilines is 1. The summed E-state index contributed by atoms with van der Waals surface area (Å²) in [6.07, 6.45) is 2.97. The molecule has 5 nitrogen and oxygen atoms in total. The van der Waals surface area contributed by atoms with Gasteiger partial charge in [-0.05, 0) is 24.8 Å². The molecule has 1 heterocycles. The summed E-state index contributed by atoms with van der Waals surface area (Å²) in [6.45, 7) is 2.97. The lowest BCUT2D eigenvalue weighted by Crippen LogP contribution is -2.04. The van der Waals surface area contributed by atoms with Crippen molar-refractivity contribution in [2.24, 2.45) is 0 Å². The number of aromatic nitrogens is 2. The number of para-hydroxylation sites is 2. The van der Waals surface area contributed by atoms with Crippen LogP contribution in [-0.2, 0) is 0 Å². The number of methoxy groups -OCH3 is 1. The van der Waals surface area contributed by atoms with E-state index in [4.69, 9.17) is 9.47 Å². The van der Waals surface area contributed by atoms with Gasteiger partial charge in [0.25, 0.3) is 0 Å². The predicted molar refractivity (Wildman–Crippen MR) is 85.7 cm³/mol. The average molecular weight is 305 g/mol. The Bertz CT molecular complexity index is 593. The zero-order chi connectivity index (χ0) is 15.1. The van der Waals surface area contributed by atoms with E-state index < -0.39 is 0 Å². The van der Waals surface area contributed by atoms with Crippen LogP contribution in [0.3, 0.4) is 0 Å². The summed E-state index contributed by atoms with van der Waals surface area (Å²) >= 11 is 1.48. The fraction of sp³-hybridized carbons (Fsp3) is 0.333. The van der Waals surface area contributed by atoms with E-state index in [-0.39, 0.29) is 0 Å². The second-order valence-electron chi connectivity index (χ2n) is 4.26. The number of nitrogens with one attached hydrogen (secondary N) is 1. The number of hydrogen-bond donors (Lipinski definition) is 1. The molecule has 0 aliphatic heterocycles. The quantitative estimate of drug-likeness (QED) is 0.620. The van der Waals surface area contributed by atoms with Crippen LogP contribution in [0.2, 0.25) is 0 Å². The monoisotopic (exact) mass is 305 g/mol. The molecule has 1 N–H and O–H groups in total. The van der Waals surface area contributed by atoms with Gasteiger partial charge in [0.15, 0.2) is 16.7 Å². The molecule has 0 aliphatic carbocycles. The van der Waals surface area contributed by atoms with Gasteiger partial charge in [-0.1, -0.05) is 30.8 Å². The Kier molecular flexibility index (Phi) is 5.68. The Labute approximate surface area is 129 Å². The number of thioether (sulfide) groups is 1. The van der Waals surface area contributed by atoms with Gasteiger partial charge in [0.2, 0.25) is 5.88 Å². The highest BCUT2D eigenvalue weighted by molar-refractivity contribution is 7.98. The van der Waals surface area contributed by atoms with E-state index in [1.165, 1.54) is 11.8 Å². The zero-order valence-electron chi connectivity index (χ0n) is 12.4. The lowest BCUT2D eigenvalue weighted by atomic mass is 10.3. The van der Waals surface area contributed by atoms with Gasteiger partial charge in [0.1, 0.15) is 5.82 Å². The molecular formula is C15H19N3O2S. The van der Waals surface area contributed by atoms with Crippen LogP contribution in [0, 0.1) is 0 Å². The molecule has 0 radical (unpaired) electrons. The lowest BCUT2D eigenvalue weighted by Gasteiger charge is -2.11. The van der Waals surface area contributed by atoms with Crippen molar-refractivity contribution in [3.8, 4) is 17.4 Å². The van der Waals surface area contributed by atoms with Crippen LogP contribution in [0.4, 0.5) is 5.82 Å². The largest absolute Gasteiger partial charge is 0.493 e. The summed E-state index contributed by atoms with van der Waals surface area (Å²) in [5.41, 5.74) is 0. The first-order valence-corrected chi connectivity index (χ1v) is 7.97. The second-order valence-corrected chi connectivity index (χ2v) is 5.03. The second kappa shape index (κ2) is 7.73. The average Bonchev–Trinajstić information content (AvgIpc) is 2.53. The predicted octanol–water partition coefficient (Wildman–Crippen LogP) is 3.82. The zero-order valence-corrected chi connectivity index (χ0v) is 13.2. The van der Waals surface area contributed by atoms with Gasteiger partial charge in [0, 0.05) is 12.6 Å². The summed E-state index contributed by atoms with van der Waals surface area (Å²) < 4.78 is 11.1. The van der Waals surface area contributed by atoms with Gasteiger partial charge < -0.3 is 14.8 Å². The maximum absolute atomic E-state index is 5.83. The van der Waals surface area contributed by atoms with Crippen molar-refractivity contribution >= 4 is 17.6 Å². The number of benzene rings is 1. The third kappa shape index (κ3) is 4.26. The molecule has 0 spiro atoms. The van der Waals surface area contributed by atoms with Crippen molar-refractivity contribution < 1.29 is 9.47 Å². The Morgan fingerprint density at radius 2 is 1.95 bits per heavy atom. The molecule has 1 aromatic carbocycles. The molecule has 21 heavy (non-hydrogen) atoms. The van der Waals surface area contributed by atoms with E-state index in [2.05, 4.69) is 22.2 Å². The number of nitrogens with zero attached hydrogens (tertiary/aromatic N) is 2. The van der Waals surface area contributed by atoms with E-state index in [1.807, 2.05) is 30.5 Å². The van der Waals surface area contributed by atoms with E-state index in [1.54, 1.807) is 13.2 Å². The van der Waals surface area contributed by atoms with E-state index >= 15 is 0 Å². The van der Waals surface area contributed by atoms with Gasteiger partial charge in [-0.2, -0.15) is 4.98 Å². The minimum Gasteiger partial charge on any atom is -0.493 e. The summed E-state index contributed by atoms with van der Waals surface area (Å²) in [5, 5.41) is 3.92. The summed E-state index contributed by atoms with van der Waals surface area (Å²) in [4.78, 5) is 8.77. The van der Waals surface area contributed by atoms with E-state index in [9.17, 15) is 0 Å². The minimum absolute atomic E-state index is 0.498. The molecule has 0 saturated heterocycles. The molecule has 0 aliphatic rings. The Hall–Kier alpha value is -1.95. The van der Waals surface area contributed by atoms with Gasteiger partial charge >= 0.3 is 0 Å². The summed E-state index contributed by atoms with van der Waals surface area (Å²) in [7, 11) is 1.61. The third-order valence-corrected chi connectivity index (χ3v) is 3.25.